The number of para-hydroxylation sites is 1. The summed E-state index contributed by atoms with van der Waals surface area (Å²) in [6.45, 7) is 0.733. The van der Waals surface area contributed by atoms with E-state index in [4.69, 9.17) is 15.2 Å². The molecule has 2 aliphatic heterocycles. The number of nitrogens with two attached hydrogens (primary N) is 1. The van der Waals surface area contributed by atoms with E-state index in [0.29, 0.717) is 0 Å². The van der Waals surface area contributed by atoms with Gasteiger partial charge in [-0.3, -0.25) is 0 Å². The highest BCUT2D eigenvalue weighted by Gasteiger charge is 2.32. The molecule has 2 atom stereocenters. The van der Waals surface area contributed by atoms with Gasteiger partial charge >= 0.3 is 0 Å². The molecule has 0 saturated heterocycles. The molecular weight excluding hydrogens is 330 g/mol. The molecule has 2 unspecified atom stereocenters. The Morgan fingerprint density at radius 1 is 1.19 bits per heavy atom. The fourth-order valence-corrected chi connectivity index (χ4v) is 3.68. The van der Waals surface area contributed by atoms with Crippen LogP contribution in [-0.4, -0.2) is 12.7 Å². The summed E-state index contributed by atoms with van der Waals surface area (Å²) in [7, 11) is 0. The van der Waals surface area contributed by atoms with Gasteiger partial charge in [0.2, 0.25) is 0 Å². The number of halogens is 1. The summed E-state index contributed by atoms with van der Waals surface area (Å²) < 4.78 is 12.9. The van der Waals surface area contributed by atoms with Gasteiger partial charge in [-0.05, 0) is 29.3 Å². The Hall–Kier alpha value is -1.52. The molecule has 2 aromatic carbocycles. The smallest absolute Gasteiger partial charge is 0.127 e. The van der Waals surface area contributed by atoms with Crippen LogP contribution >= 0.6 is 15.9 Å². The molecule has 108 valence electrons. The van der Waals surface area contributed by atoms with E-state index in [-0.39, 0.29) is 12.1 Å². The zero-order valence-electron chi connectivity index (χ0n) is 11.5. The quantitative estimate of drug-likeness (QED) is 0.907. The topological polar surface area (TPSA) is 44.5 Å². The summed E-state index contributed by atoms with van der Waals surface area (Å²) in [6.07, 6.45) is 1.75. The maximum absolute atomic E-state index is 6.50. The van der Waals surface area contributed by atoms with Gasteiger partial charge in [0.15, 0.2) is 0 Å². The van der Waals surface area contributed by atoms with Gasteiger partial charge in [-0.1, -0.05) is 34.1 Å². The lowest BCUT2D eigenvalue weighted by Gasteiger charge is -2.21. The van der Waals surface area contributed by atoms with E-state index < -0.39 is 0 Å². The highest BCUT2D eigenvalue weighted by atomic mass is 79.9. The van der Waals surface area contributed by atoms with Crippen LogP contribution in [0.3, 0.4) is 0 Å². The number of ether oxygens (including phenoxy) is 2. The molecule has 0 amide bonds. The molecule has 2 aliphatic rings. The lowest BCUT2D eigenvalue weighted by atomic mass is 9.96. The van der Waals surface area contributed by atoms with Gasteiger partial charge in [0.1, 0.15) is 17.6 Å². The normalized spacial score (nSPS) is 20.4. The zero-order valence-corrected chi connectivity index (χ0v) is 13.1. The van der Waals surface area contributed by atoms with Crippen molar-refractivity contribution in [1.82, 2.24) is 0 Å². The number of benzene rings is 2. The largest absolute Gasteiger partial charge is 0.493 e. The fourth-order valence-electron chi connectivity index (χ4n) is 3.16. The van der Waals surface area contributed by atoms with Crippen LogP contribution in [0.25, 0.3) is 0 Å². The van der Waals surface area contributed by atoms with Crippen molar-refractivity contribution >= 4 is 15.9 Å². The van der Waals surface area contributed by atoms with E-state index in [0.717, 1.165) is 41.0 Å². The molecule has 0 bridgehead atoms. The van der Waals surface area contributed by atoms with Crippen LogP contribution in [0, 0.1) is 0 Å². The first-order chi connectivity index (χ1) is 10.2. The van der Waals surface area contributed by atoms with Crippen molar-refractivity contribution in [2.24, 2.45) is 5.73 Å². The summed E-state index contributed by atoms with van der Waals surface area (Å²) in [5.41, 5.74) is 9.99. The van der Waals surface area contributed by atoms with Gasteiger partial charge < -0.3 is 15.2 Å². The highest BCUT2D eigenvalue weighted by molar-refractivity contribution is 9.10. The van der Waals surface area contributed by atoms with Gasteiger partial charge in [-0.15, -0.1) is 0 Å². The van der Waals surface area contributed by atoms with Crippen LogP contribution in [0.15, 0.2) is 40.9 Å². The van der Waals surface area contributed by atoms with Crippen molar-refractivity contribution in [1.29, 1.82) is 0 Å². The third kappa shape index (κ3) is 2.23. The van der Waals surface area contributed by atoms with Gasteiger partial charge in [0.05, 0.1) is 12.6 Å². The van der Waals surface area contributed by atoms with Gasteiger partial charge in [0.25, 0.3) is 0 Å². The lowest BCUT2D eigenvalue weighted by molar-refractivity contribution is 0.197. The Bertz CT molecular complexity index is 676. The van der Waals surface area contributed by atoms with Crippen molar-refractivity contribution in [2.45, 2.75) is 25.0 Å². The molecule has 0 fully saturated rings. The summed E-state index contributed by atoms with van der Waals surface area (Å²) in [6, 6.07) is 12.1. The molecular formula is C17H16BrNO2. The molecule has 21 heavy (non-hydrogen) atoms. The van der Waals surface area contributed by atoms with Crippen LogP contribution in [0.4, 0.5) is 0 Å². The molecule has 0 radical (unpaired) electrons. The predicted octanol–water partition coefficient (Wildman–Crippen LogP) is 3.39. The van der Waals surface area contributed by atoms with Gasteiger partial charge in [-0.25, -0.2) is 0 Å². The lowest BCUT2D eigenvalue weighted by Crippen LogP contribution is -2.30. The molecule has 3 nitrogen and oxygen atoms in total. The summed E-state index contributed by atoms with van der Waals surface area (Å²) in [4.78, 5) is 0. The molecule has 0 aliphatic carbocycles. The first-order valence-electron chi connectivity index (χ1n) is 7.17. The van der Waals surface area contributed by atoms with Gasteiger partial charge in [0, 0.05) is 22.9 Å². The second kappa shape index (κ2) is 5.04. The Balaban J connectivity index is 1.67. The number of hydrogen-bond acceptors (Lipinski definition) is 3. The molecule has 2 aromatic rings. The van der Waals surface area contributed by atoms with Crippen molar-refractivity contribution in [3.63, 3.8) is 0 Å². The minimum absolute atomic E-state index is 0.0370. The van der Waals surface area contributed by atoms with Crippen LogP contribution in [0.2, 0.25) is 0 Å². The number of rotatable bonds is 2. The van der Waals surface area contributed by atoms with Crippen molar-refractivity contribution in [3.8, 4) is 11.5 Å². The zero-order chi connectivity index (χ0) is 14.4. The van der Waals surface area contributed by atoms with E-state index in [2.05, 4.69) is 34.1 Å². The molecule has 2 N–H and O–H groups in total. The van der Waals surface area contributed by atoms with E-state index in [1.54, 1.807) is 0 Å². The fraction of sp³-hybridized carbons (Fsp3) is 0.294. The average Bonchev–Trinajstić information content (AvgIpc) is 3.11. The van der Waals surface area contributed by atoms with Crippen LogP contribution in [-0.2, 0) is 12.8 Å². The minimum Gasteiger partial charge on any atom is -0.493 e. The van der Waals surface area contributed by atoms with E-state index >= 15 is 0 Å². The minimum atomic E-state index is -0.193. The molecule has 0 saturated carbocycles. The third-order valence-electron chi connectivity index (χ3n) is 4.21. The molecule has 0 spiro atoms. The van der Waals surface area contributed by atoms with E-state index in [1.807, 2.05) is 18.2 Å². The second-order valence-corrected chi connectivity index (χ2v) is 6.49. The number of hydrogen-bond donors (Lipinski definition) is 1. The monoisotopic (exact) mass is 345 g/mol. The van der Waals surface area contributed by atoms with Crippen molar-refractivity contribution in [2.75, 3.05) is 6.61 Å². The van der Waals surface area contributed by atoms with Crippen molar-refractivity contribution in [3.05, 3.63) is 57.6 Å². The Morgan fingerprint density at radius 2 is 2.05 bits per heavy atom. The Labute approximate surface area is 132 Å². The average molecular weight is 346 g/mol. The van der Waals surface area contributed by atoms with Crippen LogP contribution in [0.1, 0.15) is 22.7 Å². The summed E-state index contributed by atoms with van der Waals surface area (Å²) >= 11 is 3.57. The maximum Gasteiger partial charge on any atom is 0.127 e. The number of fused-ring (bicyclic) bond motifs is 2. The maximum atomic E-state index is 6.50. The van der Waals surface area contributed by atoms with Gasteiger partial charge in [-0.2, -0.15) is 0 Å². The van der Waals surface area contributed by atoms with Crippen LogP contribution < -0.4 is 15.2 Å². The second-order valence-electron chi connectivity index (χ2n) is 5.58. The standard InChI is InChI=1S/C17H16BrNO2/c18-12-7-11-5-6-20-17(11)13(9-12)16(19)15-8-10-3-1-2-4-14(10)21-15/h1-4,7,9,15-16H,5-6,8,19H2. The third-order valence-corrected chi connectivity index (χ3v) is 4.67. The predicted molar refractivity (Wildman–Crippen MR) is 84.8 cm³/mol. The molecule has 2 heterocycles. The van der Waals surface area contributed by atoms with Crippen LogP contribution in [0.5, 0.6) is 11.5 Å². The Morgan fingerprint density at radius 3 is 2.90 bits per heavy atom. The first-order valence-corrected chi connectivity index (χ1v) is 7.97. The molecule has 4 heteroatoms. The molecule has 4 rings (SSSR count). The Kier molecular flexibility index (Phi) is 3.16. The molecule has 0 aromatic heterocycles. The summed E-state index contributed by atoms with van der Waals surface area (Å²) in [5, 5.41) is 0. The summed E-state index contributed by atoms with van der Waals surface area (Å²) in [5.74, 6) is 1.90. The highest BCUT2D eigenvalue weighted by Crippen LogP contribution is 2.40. The SMILES string of the molecule is NC(c1cc(Br)cc2c1OCC2)C1Cc2ccccc2O1. The van der Waals surface area contributed by atoms with E-state index in [1.165, 1.54) is 11.1 Å². The van der Waals surface area contributed by atoms with Crippen molar-refractivity contribution < 1.29 is 9.47 Å². The first kappa shape index (κ1) is 13.2. The van der Waals surface area contributed by atoms with E-state index in [9.17, 15) is 0 Å².